The number of nitrogens with zero attached hydrogens (tertiary/aromatic N) is 1. The third kappa shape index (κ3) is 6.88. The maximum absolute atomic E-state index is 12.6. The van der Waals surface area contributed by atoms with Gasteiger partial charge >= 0.3 is 0 Å². The molecule has 1 unspecified atom stereocenters. The molecule has 0 fully saturated rings. The van der Waals surface area contributed by atoms with Crippen molar-refractivity contribution in [3.63, 3.8) is 0 Å². The van der Waals surface area contributed by atoms with Crippen molar-refractivity contribution in [2.75, 3.05) is 0 Å². The molecule has 0 saturated heterocycles. The Bertz CT molecular complexity index is 908. The number of halogens is 1. The van der Waals surface area contributed by atoms with Crippen LogP contribution in [0.4, 0.5) is 0 Å². The lowest BCUT2D eigenvalue weighted by atomic mass is 10.0. The Labute approximate surface area is 182 Å². The molecule has 0 bridgehead atoms. The number of amides is 2. The normalized spacial score (nSPS) is 12.3. The molecule has 0 saturated carbocycles. The van der Waals surface area contributed by atoms with Gasteiger partial charge in [0.25, 0.3) is 11.8 Å². The zero-order valence-electron chi connectivity index (χ0n) is 17.9. The van der Waals surface area contributed by atoms with Crippen LogP contribution in [-0.2, 0) is 4.79 Å². The lowest BCUT2D eigenvalue weighted by molar-refractivity contribution is -0.123. The second-order valence-corrected chi connectivity index (χ2v) is 8.08. The minimum atomic E-state index is -0.735. The molecule has 30 heavy (non-hydrogen) atoms. The number of aryl methyl sites for hydroxylation is 1. The number of benzene rings is 2. The van der Waals surface area contributed by atoms with Gasteiger partial charge in [-0.2, -0.15) is 5.10 Å². The summed E-state index contributed by atoms with van der Waals surface area (Å²) in [5.41, 5.74) is 4.69. The summed E-state index contributed by atoms with van der Waals surface area (Å²) in [6.45, 7) is 9.49. The zero-order chi connectivity index (χ0) is 22.3. The molecular formula is C23H28ClN3O3. The highest BCUT2D eigenvalue weighted by Crippen LogP contribution is 2.22. The van der Waals surface area contributed by atoms with E-state index in [9.17, 15) is 9.59 Å². The summed E-state index contributed by atoms with van der Waals surface area (Å²) in [6.07, 6.45) is 1.45. The molecule has 0 aliphatic heterocycles. The number of rotatable bonds is 8. The van der Waals surface area contributed by atoms with Crippen molar-refractivity contribution < 1.29 is 14.3 Å². The molecule has 0 heterocycles. The Morgan fingerprint density at radius 3 is 2.33 bits per heavy atom. The van der Waals surface area contributed by atoms with Gasteiger partial charge in [-0.05, 0) is 57.0 Å². The van der Waals surface area contributed by atoms with Crippen molar-refractivity contribution in [3.05, 3.63) is 64.2 Å². The second-order valence-electron chi connectivity index (χ2n) is 7.64. The van der Waals surface area contributed by atoms with Crippen LogP contribution in [0.2, 0.25) is 5.02 Å². The van der Waals surface area contributed by atoms with E-state index < -0.39 is 11.9 Å². The lowest BCUT2D eigenvalue weighted by Gasteiger charge is -2.20. The summed E-state index contributed by atoms with van der Waals surface area (Å²) >= 11 is 6.06. The summed E-state index contributed by atoms with van der Waals surface area (Å²) in [6, 6.07) is 11.6. The second kappa shape index (κ2) is 10.8. The summed E-state index contributed by atoms with van der Waals surface area (Å²) in [5.74, 6) is -0.230. The van der Waals surface area contributed by atoms with Gasteiger partial charge < -0.3 is 10.1 Å². The van der Waals surface area contributed by atoms with Crippen molar-refractivity contribution in [2.24, 2.45) is 11.0 Å². The first kappa shape index (κ1) is 23.4. The number of carbonyl (C=O) groups is 2. The predicted octanol–water partition coefficient (Wildman–Crippen LogP) is 4.34. The molecule has 0 aromatic heterocycles. The van der Waals surface area contributed by atoms with Crippen LogP contribution in [0.5, 0.6) is 5.75 Å². The Balaban J connectivity index is 2.07. The fourth-order valence-corrected chi connectivity index (χ4v) is 2.86. The van der Waals surface area contributed by atoms with Gasteiger partial charge in [-0.15, -0.1) is 0 Å². The fourth-order valence-electron chi connectivity index (χ4n) is 2.68. The highest BCUT2D eigenvalue weighted by Gasteiger charge is 2.24. The smallest absolute Gasteiger partial charge is 0.262 e. The Morgan fingerprint density at radius 1 is 1.07 bits per heavy atom. The van der Waals surface area contributed by atoms with Crippen LogP contribution in [0.3, 0.4) is 0 Å². The summed E-state index contributed by atoms with van der Waals surface area (Å²) < 4.78 is 5.73. The van der Waals surface area contributed by atoms with Crippen LogP contribution < -0.4 is 15.5 Å². The maximum atomic E-state index is 12.6. The number of hydrazone groups is 1. The molecule has 7 heteroatoms. The average Bonchev–Trinajstić information content (AvgIpc) is 2.67. The van der Waals surface area contributed by atoms with E-state index in [1.807, 2.05) is 46.8 Å². The quantitative estimate of drug-likeness (QED) is 0.483. The van der Waals surface area contributed by atoms with Gasteiger partial charge in [0, 0.05) is 16.1 Å². The highest BCUT2D eigenvalue weighted by molar-refractivity contribution is 6.30. The van der Waals surface area contributed by atoms with E-state index in [4.69, 9.17) is 16.3 Å². The summed E-state index contributed by atoms with van der Waals surface area (Å²) in [7, 11) is 0. The van der Waals surface area contributed by atoms with Gasteiger partial charge in [0.1, 0.15) is 11.8 Å². The average molecular weight is 430 g/mol. The SMILES string of the molecule is Cc1ccc(C(=O)NC(C(=O)N/N=C\c2cc(Cl)ccc2OC(C)C)C(C)C)cc1. The standard InChI is InChI=1S/C23H28ClN3O3/c1-14(2)21(26-22(28)17-8-6-16(5)7-9-17)23(29)27-25-13-18-12-19(24)10-11-20(18)30-15(3)4/h6-15,21H,1-5H3,(H,26,28)(H,27,29)/b25-13-. The first-order valence-corrected chi connectivity index (χ1v) is 10.2. The van der Waals surface area contributed by atoms with Gasteiger partial charge in [0.05, 0.1) is 12.3 Å². The van der Waals surface area contributed by atoms with E-state index in [2.05, 4.69) is 15.8 Å². The van der Waals surface area contributed by atoms with Crippen molar-refractivity contribution in [2.45, 2.75) is 46.8 Å². The van der Waals surface area contributed by atoms with Gasteiger partial charge in [-0.25, -0.2) is 5.43 Å². The monoisotopic (exact) mass is 429 g/mol. The van der Waals surface area contributed by atoms with Gasteiger partial charge in [-0.3, -0.25) is 9.59 Å². The number of ether oxygens (including phenoxy) is 1. The molecule has 0 aliphatic carbocycles. The Morgan fingerprint density at radius 2 is 1.73 bits per heavy atom. The molecule has 2 rings (SSSR count). The van der Waals surface area contributed by atoms with Crippen LogP contribution in [0.25, 0.3) is 0 Å². The van der Waals surface area contributed by atoms with Crippen LogP contribution >= 0.6 is 11.6 Å². The van der Waals surface area contributed by atoms with E-state index in [0.717, 1.165) is 5.56 Å². The summed E-state index contributed by atoms with van der Waals surface area (Å²) in [5, 5.41) is 7.34. The number of hydrogen-bond donors (Lipinski definition) is 2. The minimum absolute atomic E-state index is 0.0183. The third-order valence-corrected chi connectivity index (χ3v) is 4.50. The molecule has 6 nitrogen and oxygen atoms in total. The predicted molar refractivity (Wildman–Crippen MR) is 120 cm³/mol. The third-order valence-electron chi connectivity index (χ3n) is 4.26. The van der Waals surface area contributed by atoms with Crippen LogP contribution in [-0.4, -0.2) is 30.2 Å². The molecule has 2 aromatic rings. The van der Waals surface area contributed by atoms with Gasteiger partial charge in [-0.1, -0.05) is 43.1 Å². The molecular weight excluding hydrogens is 402 g/mol. The van der Waals surface area contributed by atoms with Crippen molar-refractivity contribution >= 4 is 29.6 Å². The molecule has 0 spiro atoms. The first-order chi connectivity index (χ1) is 14.2. The maximum Gasteiger partial charge on any atom is 0.262 e. The van der Waals surface area contributed by atoms with Crippen LogP contribution in [0.1, 0.15) is 49.2 Å². The van der Waals surface area contributed by atoms with Gasteiger partial charge in [0.2, 0.25) is 0 Å². The Kier molecular flexibility index (Phi) is 8.42. The van der Waals surface area contributed by atoms with Crippen LogP contribution in [0, 0.1) is 12.8 Å². The molecule has 2 aromatic carbocycles. The van der Waals surface area contributed by atoms with E-state index in [0.29, 0.717) is 21.9 Å². The van der Waals surface area contributed by atoms with Crippen molar-refractivity contribution in [3.8, 4) is 5.75 Å². The van der Waals surface area contributed by atoms with Crippen LogP contribution in [0.15, 0.2) is 47.6 Å². The molecule has 0 radical (unpaired) electrons. The van der Waals surface area contributed by atoms with E-state index in [1.54, 1.807) is 30.3 Å². The van der Waals surface area contributed by atoms with Crippen molar-refractivity contribution in [1.29, 1.82) is 0 Å². The molecule has 2 N–H and O–H groups in total. The molecule has 1 atom stereocenters. The number of carbonyl (C=O) groups excluding carboxylic acids is 2. The molecule has 0 aliphatic rings. The highest BCUT2D eigenvalue weighted by atomic mass is 35.5. The Hall–Kier alpha value is -2.86. The largest absolute Gasteiger partial charge is 0.490 e. The first-order valence-electron chi connectivity index (χ1n) is 9.84. The van der Waals surface area contributed by atoms with Crippen molar-refractivity contribution in [1.82, 2.24) is 10.7 Å². The number of nitrogens with one attached hydrogen (secondary N) is 2. The van der Waals surface area contributed by atoms with E-state index in [-0.39, 0.29) is 17.9 Å². The molecule has 2 amide bonds. The molecule has 160 valence electrons. The lowest BCUT2D eigenvalue weighted by Crippen LogP contribution is -2.48. The van der Waals surface area contributed by atoms with E-state index in [1.165, 1.54) is 6.21 Å². The fraction of sp³-hybridized carbons (Fsp3) is 0.348. The number of hydrogen-bond acceptors (Lipinski definition) is 4. The summed E-state index contributed by atoms with van der Waals surface area (Å²) in [4.78, 5) is 25.1. The van der Waals surface area contributed by atoms with Gasteiger partial charge in [0.15, 0.2) is 0 Å². The zero-order valence-corrected chi connectivity index (χ0v) is 18.7. The van der Waals surface area contributed by atoms with E-state index >= 15 is 0 Å². The topological polar surface area (TPSA) is 79.8 Å². The minimum Gasteiger partial charge on any atom is -0.490 e.